The van der Waals surface area contributed by atoms with Crippen molar-refractivity contribution in [1.29, 1.82) is 0 Å². The summed E-state index contributed by atoms with van der Waals surface area (Å²) >= 11 is 6.06. The van der Waals surface area contributed by atoms with Gasteiger partial charge in [-0.2, -0.15) is 0 Å². The van der Waals surface area contributed by atoms with Crippen LogP contribution in [0.15, 0.2) is 36.4 Å². The lowest BCUT2D eigenvalue weighted by molar-refractivity contribution is -0.150. The summed E-state index contributed by atoms with van der Waals surface area (Å²) in [6, 6.07) is 7.94. The average Bonchev–Trinajstić information content (AvgIpc) is 2.66. The van der Waals surface area contributed by atoms with Crippen LogP contribution in [0.1, 0.15) is 65.4 Å². The second kappa shape index (κ2) is 11.3. The Kier molecular flexibility index (Phi) is 9.59. The fourth-order valence-electron chi connectivity index (χ4n) is 4.03. The molecular formula is C26H41ClO4Si. The number of carbonyl (C=O) groups is 1. The molecule has 0 saturated heterocycles. The second-order valence-corrected chi connectivity index (χ2v) is 15.9. The Morgan fingerprint density at radius 1 is 1.31 bits per heavy atom. The monoisotopic (exact) mass is 480 g/mol. The molecule has 1 fully saturated rings. The van der Waals surface area contributed by atoms with Crippen LogP contribution in [0, 0.1) is 5.92 Å². The van der Waals surface area contributed by atoms with Crippen LogP contribution in [-0.2, 0) is 20.4 Å². The van der Waals surface area contributed by atoms with Crippen LogP contribution in [0.5, 0.6) is 0 Å². The van der Waals surface area contributed by atoms with E-state index < -0.39 is 13.9 Å². The third-order valence-corrected chi connectivity index (χ3v) is 11.6. The molecule has 1 N–H and O–H groups in total. The van der Waals surface area contributed by atoms with E-state index in [0.29, 0.717) is 19.4 Å². The van der Waals surface area contributed by atoms with E-state index in [4.69, 9.17) is 20.8 Å². The molecular weight excluding hydrogens is 440 g/mol. The van der Waals surface area contributed by atoms with E-state index in [0.717, 1.165) is 24.3 Å². The largest absolute Gasteiger partial charge is 0.466 e. The molecule has 4 nitrogen and oxygen atoms in total. The van der Waals surface area contributed by atoms with Crippen molar-refractivity contribution in [2.45, 2.75) is 96.1 Å². The molecule has 1 aliphatic carbocycles. The maximum absolute atomic E-state index is 11.9. The number of ether oxygens (including phenoxy) is 1. The lowest BCUT2D eigenvalue weighted by atomic mass is 9.76. The Bertz CT molecular complexity index is 769. The van der Waals surface area contributed by atoms with Gasteiger partial charge < -0.3 is 14.3 Å². The Balaban J connectivity index is 2.14. The topological polar surface area (TPSA) is 55.8 Å². The first kappa shape index (κ1) is 27.1. The van der Waals surface area contributed by atoms with Gasteiger partial charge in [-0.1, -0.05) is 56.7 Å². The van der Waals surface area contributed by atoms with Gasteiger partial charge >= 0.3 is 5.97 Å². The van der Waals surface area contributed by atoms with Gasteiger partial charge in [0.25, 0.3) is 0 Å². The van der Waals surface area contributed by atoms with Crippen LogP contribution in [0.3, 0.4) is 0 Å². The summed E-state index contributed by atoms with van der Waals surface area (Å²) < 4.78 is 11.8. The Labute approximate surface area is 200 Å². The highest BCUT2D eigenvalue weighted by Gasteiger charge is 2.39. The molecule has 32 heavy (non-hydrogen) atoms. The molecule has 3 unspecified atom stereocenters. The van der Waals surface area contributed by atoms with Gasteiger partial charge in [-0.15, -0.1) is 0 Å². The Morgan fingerprint density at radius 2 is 1.97 bits per heavy atom. The van der Waals surface area contributed by atoms with E-state index in [9.17, 15) is 9.90 Å². The molecule has 0 amide bonds. The zero-order valence-corrected chi connectivity index (χ0v) is 22.4. The van der Waals surface area contributed by atoms with Gasteiger partial charge in [0.1, 0.15) is 0 Å². The molecule has 0 aliphatic heterocycles. The fourth-order valence-corrected chi connectivity index (χ4v) is 5.43. The smallest absolute Gasteiger partial charge is 0.308 e. The molecule has 0 radical (unpaired) electrons. The number of hydrogen-bond donors (Lipinski definition) is 1. The van der Waals surface area contributed by atoms with Crippen LogP contribution >= 0.6 is 11.6 Å². The lowest BCUT2D eigenvalue weighted by Crippen LogP contribution is -2.44. The molecule has 1 aromatic rings. The first-order valence-electron chi connectivity index (χ1n) is 11.8. The number of aliphatic hydroxyl groups is 1. The first-order valence-corrected chi connectivity index (χ1v) is 15.1. The van der Waals surface area contributed by atoms with E-state index in [2.05, 4.69) is 58.2 Å². The predicted octanol–water partition coefficient (Wildman–Crippen LogP) is 6.70. The third kappa shape index (κ3) is 8.33. The van der Waals surface area contributed by atoms with Gasteiger partial charge in [-0.25, -0.2) is 0 Å². The van der Waals surface area contributed by atoms with Crippen molar-refractivity contribution in [1.82, 2.24) is 0 Å². The number of esters is 1. The van der Waals surface area contributed by atoms with Crippen molar-refractivity contribution in [2.24, 2.45) is 5.92 Å². The highest BCUT2D eigenvalue weighted by molar-refractivity contribution is 6.74. The molecule has 6 heteroatoms. The van der Waals surface area contributed by atoms with Crippen molar-refractivity contribution in [3.63, 3.8) is 0 Å². The quantitative estimate of drug-likeness (QED) is 0.242. The van der Waals surface area contributed by atoms with Gasteiger partial charge in [-0.05, 0) is 74.4 Å². The standard InChI is InChI=1S/C26H41ClO4Si/c1-7-30-24(28)19-26(29)16-8-9-21(18-26)12-15-23(31-32(5,6)25(2,3)4)17-20-10-13-22(27)14-11-20/h10-15,21,23,29H,7-9,16-19H2,1-6H3/b15-12+. The lowest BCUT2D eigenvalue weighted by Gasteiger charge is -2.39. The van der Waals surface area contributed by atoms with Crippen molar-refractivity contribution in [2.75, 3.05) is 6.61 Å². The molecule has 1 saturated carbocycles. The summed E-state index contributed by atoms with van der Waals surface area (Å²) in [5.41, 5.74) is 0.205. The average molecular weight is 481 g/mol. The SMILES string of the molecule is CCOC(=O)CC1(O)CCCC(/C=C/C(Cc2ccc(Cl)cc2)O[Si](C)(C)C(C)(C)C)C1. The maximum Gasteiger partial charge on any atom is 0.308 e. The van der Waals surface area contributed by atoms with Crippen molar-refractivity contribution in [3.05, 3.63) is 47.0 Å². The van der Waals surface area contributed by atoms with Crippen molar-refractivity contribution < 1.29 is 19.1 Å². The van der Waals surface area contributed by atoms with E-state index in [-0.39, 0.29) is 29.5 Å². The summed E-state index contributed by atoms with van der Waals surface area (Å²) in [5, 5.41) is 11.8. The summed E-state index contributed by atoms with van der Waals surface area (Å²) in [6.45, 7) is 13.4. The Hall–Kier alpha value is -1.14. The molecule has 0 bridgehead atoms. The number of hydrogen-bond acceptors (Lipinski definition) is 4. The number of benzene rings is 1. The fraction of sp³-hybridized carbons (Fsp3) is 0.654. The van der Waals surface area contributed by atoms with Crippen LogP contribution in [0.4, 0.5) is 0 Å². The molecule has 3 atom stereocenters. The van der Waals surface area contributed by atoms with Crippen LogP contribution in [0.2, 0.25) is 23.2 Å². The molecule has 1 aromatic carbocycles. The van der Waals surface area contributed by atoms with Gasteiger partial charge in [-0.3, -0.25) is 4.79 Å². The highest BCUT2D eigenvalue weighted by atomic mass is 35.5. The zero-order chi connectivity index (χ0) is 24.0. The number of rotatable bonds is 9. The number of halogens is 1. The minimum Gasteiger partial charge on any atom is -0.466 e. The van der Waals surface area contributed by atoms with Crippen LogP contribution in [0.25, 0.3) is 0 Å². The van der Waals surface area contributed by atoms with E-state index in [1.54, 1.807) is 6.92 Å². The van der Waals surface area contributed by atoms with Gasteiger partial charge in [0, 0.05) is 11.4 Å². The Morgan fingerprint density at radius 3 is 2.56 bits per heavy atom. The molecule has 1 aliphatic rings. The molecule has 2 rings (SSSR count). The van der Waals surface area contributed by atoms with Crippen LogP contribution < -0.4 is 0 Å². The molecule has 0 spiro atoms. The first-order chi connectivity index (χ1) is 14.8. The maximum atomic E-state index is 11.9. The van der Waals surface area contributed by atoms with E-state index >= 15 is 0 Å². The van der Waals surface area contributed by atoms with Gasteiger partial charge in [0.2, 0.25) is 0 Å². The van der Waals surface area contributed by atoms with Crippen LogP contribution in [-0.4, -0.2) is 37.7 Å². The minimum atomic E-state index is -1.97. The van der Waals surface area contributed by atoms with E-state index in [1.165, 1.54) is 5.56 Å². The molecule has 0 heterocycles. The van der Waals surface area contributed by atoms with E-state index in [1.807, 2.05) is 12.1 Å². The molecule has 180 valence electrons. The minimum absolute atomic E-state index is 0.0443. The molecule has 0 aromatic heterocycles. The van der Waals surface area contributed by atoms with Crippen molar-refractivity contribution in [3.8, 4) is 0 Å². The summed E-state index contributed by atoms with van der Waals surface area (Å²) in [7, 11) is -1.97. The predicted molar refractivity (Wildman–Crippen MR) is 135 cm³/mol. The third-order valence-electron chi connectivity index (χ3n) is 6.84. The summed E-state index contributed by atoms with van der Waals surface area (Å²) in [4.78, 5) is 11.9. The number of allylic oxidation sites excluding steroid dienone is 1. The zero-order valence-electron chi connectivity index (χ0n) is 20.6. The summed E-state index contributed by atoms with van der Waals surface area (Å²) in [6.07, 6.45) is 8.31. The van der Waals surface area contributed by atoms with Gasteiger partial charge in [0.15, 0.2) is 8.32 Å². The highest BCUT2D eigenvalue weighted by Crippen LogP contribution is 2.39. The van der Waals surface area contributed by atoms with Crippen molar-refractivity contribution >= 4 is 25.9 Å². The normalized spacial score (nSPS) is 23.3. The summed E-state index contributed by atoms with van der Waals surface area (Å²) in [5.74, 6) is -0.0968. The number of carbonyl (C=O) groups excluding carboxylic acids is 1. The van der Waals surface area contributed by atoms with Gasteiger partial charge in [0.05, 0.1) is 24.7 Å². The second-order valence-electron chi connectivity index (χ2n) is 10.7.